The molecule has 0 spiro atoms. The predicted octanol–water partition coefficient (Wildman–Crippen LogP) is 0.676. The second kappa shape index (κ2) is 9.34. The number of carbonyl (C=O) groups is 2. The lowest BCUT2D eigenvalue weighted by atomic mass is 10.2. The highest BCUT2D eigenvalue weighted by atomic mass is 16.5. The molecule has 0 unspecified atom stereocenters. The third kappa shape index (κ3) is 5.54. The van der Waals surface area contributed by atoms with Crippen molar-refractivity contribution >= 4 is 29.7 Å². The Morgan fingerprint density at radius 1 is 0.880 bits per heavy atom. The molecule has 2 aromatic carbocycles. The highest BCUT2D eigenvalue weighted by Crippen LogP contribution is 2.06. The third-order valence-electron chi connectivity index (χ3n) is 3.34. The third-order valence-corrected chi connectivity index (χ3v) is 3.34. The first-order valence-electron chi connectivity index (χ1n) is 8.11. The zero-order valence-corrected chi connectivity index (χ0v) is 14.3. The van der Waals surface area contributed by atoms with Crippen molar-refractivity contribution in [1.82, 2.24) is 0 Å². The number of carbonyl (C=O) groups excluding carboxylic acids is 2. The van der Waals surface area contributed by atoms with E-state index in [-0.39, 0.29) is 11.9 Å². The molecule has 0 bridgehead atoms. The van der Waals surface area contributed by atoms with Crippen molar-refractivity contribution < 1.29 is 29.4 Å². The Balaban J connectivity index is 1.92. The highest BCUT2D eigenvalue weighted by molar-refractivity contribution is 5.90. The number of hydrogen-bond donors (Lipinski definition) is 2. The number of rotatable bonds is 7. The van der Waals surface area contributed by atoms with E-state index in [0.717, 1.165) is 11.4 Å². The molecule has 2 aromatic rings. The molecule has 0 atom stereocenters. The fourth-order valence-electron chi connectivity index (χ4n) is 2.10. The van der Waals surface area contributed by atoms with Crippen molar-refractivity contribution in [2.45, 2.75) is 13.8 Å². The van der Waals surface area contributed by atoms with Crippen molar-refractivity contribution in [2.75, 3.05) is 13.2 Å². The monoisotopic (exact) mass is 342 g/mol. The van der Waals surface area contributed by atoms with Crippen LogP contribution in [0, 0.1) is 0 Å². The maximum atomic E-state index is 11.6. The summed E-state index contributed by atoms with van der Waals surface area (Å²) in [6, 6.07) is 14.2. The van der Waals surface area contributed by atoms with Crippen LogP contribution in [-0.4, -0.2) is 31.5 Å². The molecule has 2 rings (SSSR count). The lowest BCUT2D eigenvalue weighted by Gasteiger charge is -2.01. The molecule has 3 N–H and O–H groups in total. The van der Waals surface area contributed by atoms with Crippen LogP contribution in [0.25, 0.3) is 0 Å². The van der Waals surface area contributed by atoms with Crippen LogP contribution in [0.4, 0.5) is 11.4 Å². The number of quaternary nitrogens is 1. The molecule has 0 aliphatic carbocycles. The zero-order valence-electron chi connectivity index (χ0n) is 14.3. The molecule has 0 fully saturated rings. The van der Waals surface area contributed by atoms with Gasteiger partial charge in [-0.2, -0.15) is 4.99 Å². The van der Waals surface area contributed by atoms with E-state index in [9.17, 15) is 9.59 Å². The van der Waals surface area contributed by atoms with Crippen LogP contribution < -0.4 is 10.3 Å². The summed E-state index contributed by atoms with van der Waals surface area (Å²) in [5, 5.41) is 1.88. The smallest absolute Gasteiger partial charge is 0.338 e. The van der Waals surface area contributed by atoms with Crippen molar-refractivity contribution in [1.29, 1.82) is 0 Å². The van der Waals surface area contributed by atoms with E-state index in [1.807, 2.05) is 17.4 Å². The fraction of sp³-hybridized carbons (Fsp3) is 0.211. The van der Waals surface area contributed by atoms with Crippen LogP contribution in [0.3, 0.4) is 0 Å². The van der Waals surface area contributed by atoms with E-state index < -0.39 is 0 Å². The Bertz CT molecular complexity index is 737. The van der Waals surface area contributed by atoms with Crippen LogP contribution in [0.5, 0.6) is 0 Å². The molecule has 0 saturated carbocycles. The van der Waals surface area contributed by atoms with E-state index in [0.29, 0.717) is 24.3 Å². The minimum atomic E-state index is -0.328. The Morgan fingerprint density at radius 2 is 1.36 bits per heavy atom. The van der Waals surface area contributed by atoms with Crippen molar-refractivity contribution in [2.24, 2.45) is 0 Å². The molecule has 0 aliphatic heterocycles. The molecule has 0 radical (unpaired) electrons. The summed E-state index contributed by atoms with van der Waals surface area (Å²) in [4.78, 5) is 26.3. The van der Waals surface area contributed by atoms with Gasteiger partial charge in [-0.15, -0.1) is 0 Å². The maximum absolute atomic E-state index is 11.6. The van der Waals surface area contributed by atoms with E-state index >= 15 is 0 Å². The Hall–Kier alpha value is -2.99. The normalized spacial score (nSPS) is 10.6. The molecule has 6 nitrogen and oxygen atoms in total. The Kier molecular flexibility index (Phi) is 6.86. The first-order valence-corrected chi connectivity index (χ1v) is 8.11. The second-order valence-electron chi connectivity index (χ2n) is 5.12. The maximum Gasteiger partial charge on any atom is 0.338 e. The van der Waals surface area contributed by atoms with E-state index in [1.165, 1.54) is 0 Å². The van der Waals surface area contributed by atoms with Crippen LogP contribution in [0.2, 0.25) is 0 Å². The number of nitrogens with two attached hydrogens (primary N) is 1. The molecule has 0 saturated heterocycles. The number of hydrogen-bond acceptors (Lipinski definition) is 4. The largest absolute Gasteiger partial charge is 0.462 e. The van der Waals surface area contributed by atoms with Crippen molar-refractivity contribution in [3.05, 3.63) is 59.7 Å². The molecule has 0 heterocycles. The number of nitrogens with one attached hydrogen (secondary N) is 1. The minimum absolute atomic E-state index is 0.321. The van der Waals surface area contributed by atoms with Crippen LogP contribution in [-0.2, 0) is 9.47 Å². The van der Waals surface area contributed by atoms with E-state index in [4.69, 9.17) is 9.47 Å². The van der Waals surface area contributed by atoms with Gasteiger partial charge < -0.3 is 9.47 Å². The summed E-state index contributed by atoms with van der Waals surface area (Å²) < 4.78 is 9.89. The highest BCUT2D eigenvalue weighted by Gasteiger charge is 2.08. The first-order chi connectivity index (χ1) is 12.1. The van der Waals surface area contributed by atoms with Gasteiger partial charge in [-0.3, -0.25) is 0 Å². The summed E-state index contributed by atoms with van der Waals surface area (Å²) >= 11 is 0. The number of esters is 2. The molecular weight excluding hydrogens is 320 g/mol. The molecule has 0 amide bonds. The lowest BCUT2D eigenvalue weighted by molar-refractivity contribution is -0.508. The summed E-state index contributed by atoms with van der Waals surface area (Å²) in [5.74, 6) is -0.649. The van der Waals surface area contributed by atoms with Crippen molar-refractivity contribution in [3.63, 3.8) is 0 Å². The Morgan fingerprint density at radius 3 is 1.84 bits per heavy atom. The minimum Gasteiger partial charge on any atom is -0.462 e. The predicted molar refractivity (Wildman–Crippen MR) is 93.1 cm³/mol. The van der Waals surface area contributed by atoms with Crippen LogP contribution in [0.1, 0.15) is 34.6 Å². The zero-order chi connectivity index (χ0) is 18.1. The van der Waals surface area contributed by atoms with Crippen molar-refractivity contribution in [3.8, 4) is 0 Å². The van der Waals surface area contributed by atoms with Gasteiger partial charge in [-0.05, 0) is 38.1 Å². The van der Waals surface area contributed by atoms with Gasteiger partial charge in [0.25, 0.3) is 0 Å². The molecule has 25 heavy (non-hydrogen) atoms. The standard InChI is InChI=1S/C19H20N2O4/c1-3-24-18(22)14-5-9-16(10-6-14)20-13-21-17-11-7-15(8-12-17)19(23)25-4-2/h5-13H,3-4H2,1-2H3,(H,20,21)/p+2. The van der Waals surface area contributed by atoms with Crippen LogP contribution in [0.15, 0.2) is 48.5 Å². The average molecular weight is 342 g/mol. The summed E-state index contributed by atoms with van der Waals surface area (Å²) in [6.45, 7) is 4.27. The van der Waals surface area contributed by atoms with Gasteiger partial charge >= 0.3 is 18.3 Å². The summed E-state index contributed by atoms with van der Waals surface area (Å²) in [7, 11) is 0. The van der Waals surface area contributed by atoms with Gasteiger partial charge in [0.2, 0.25) is 5.69 Å². The quantitative estimate of drug-likeness (QED) is 0.335. The SMILES string of the molecule is CCOC(=O)c1ccc([NH+]=C[NH2+]c2ccc(C(=O)OCC)cc2)cc1. The van der Waals surface area contributed by atoms with Gasteiger partial charge in [-0.1, -0.05) is 0 Å². The van der Waals surface area contributed by atoms with Gasteiger partial charge in [-0.25, -0.2) is 14.9 Å². The van der Waals surface area contributed by atoms with Gasteiger partial charge in [0, 0.05) is 24.3 Å². The molecule has 130 valence electrons. The van der Waals surface area contributed by atoms with Gasteiger partial charge in [0.1, 0.15) is 5.69 Å². The second-order valence-corrected chi connectivity index (χ2v) is 5.12. The first kappa shape index (κ1) is 18.4. The van der Waals surface area contributed by atoms with Gasteiger partial charge in [0.15, 0.2) is 0 Å². The molecule has 0 aliphatic rings. The average Bonchev–Trinajstić information content (AvgIpc) is 2.63. The van der Waals surface area contributed by atoms with Crippen LogP contribution >= 0.6 is 0 Å². The molecule has 0 aromatic heterocycles. The molecular formula is C19H22N2O4+2. The van der Waals surface area contributed by atoms with E-state index in [1.54, 1.807) is 56.6 Å². The molecule has 6 heteroatoms. The number of benzene rings is 2. The summed E-state index contributed by atoms with van der Waals surface area (Å²) in [5.41, 5.74) is 2.85. The summed E-state index contributed by atoms with van der Waals surface area (Å²) in [6.07, 6.45) is 1.79. The fourth-order valence-corrected chi connectivity index (χ4v) is 2.10. The lowest BCUT2D eigenvalue weighted by Crippen LogP contribution is -2.88. The van der Waals surface area contributed by atoms with E-state index in [2.05, 4.69) is 4.99 Å². The number of ether oxygens (including phenoxy) is 2. The topological polar surface area (TPSA) is 83.2 Å². The Labute approximate surface area is 146 Å². The van der Waals surface area contributed by atoms with Gasteiger partial charge in [0.05, 0.1) is 24.3 Å².